The van der Waals surface area contributed by atoms with Gasteiger partial charge in [-0.2, -0.15) is 5.26 Å². The van der Waals surface area contributed by atoms with Gasteiger partial charge in [-0.25, -0.2) is 4.98 Å². The second kappa shape index (κ2) is 10.3. The molecule has 2 aromatic carbocycles. The summed E-state index contributed by atoms with van der Waals surface area (Å²) in [6, 6.07) is 15.0. The molecule has 8 nitrogen and oxygen atoms in total. The van der Waals surface area contributed by atoms with E-state index in [0.717, 1.165) is 23.1 Å². The highest BCUT2D eigenvalue weighted by Crippen LogP contribution is 2.23. The summed E-state index contributed by atoms with van der Waals surface area (Å²) in [5.41, 5.74) is 8.96. The number of aromatic nitrogens is 2. The summed E-state index contributed by atoms with van der Waals surface area (Å²) in [6.07, 6.45) is 6.46. The largest absolute Gasteiger partial charge is 0.370 e. The number of hydrogen-bond donors (Lipinski definition) is 3. The van der Waals surface area contributed by atoms with E-state index in [0.29, 0.717) is 29.7 Å². The van der Waals surface area contributed by atoms with E-state index in [2.05, 4.69) is 15.6 Å². The molecule has 2 amide bonds. The van der Waals surface area contributed by atoms with E-state index in [4.69, 9.17) is 11.0 Å². The molecule has 170 valence electrons. The van der Waals surface area contributed by atoms with Crippen molar-refractivity contribution in [2.24, 2.45) is 5.73 Å². The number of hydrogen-bond acceptors (Lipinski definition) is 5. The maximum atomic E-state index is 12.8. The van der Waals surface area contributed by atoms with Crippen molar-refractivity contribution in [3.63, 3.8) is 0 Å². The van der Waals surface area contributed by atoms with Crippen molar-refractivity contribution in [3.05, 3.63) is 59.2 Å². The van der Waals surface area contributed by atoms with Gasteiger partial charge in [0.2, 0.25) is 11.9 Å². The SMILES string of the molecule is N#Cc1ccc(C(=O)Nc2nc3cc(CNC4CCCCC4)ccc3n2CCC(N)=O)cc1. The Balaban J connectivity index is 1.56. The van der Waals surface area contributed by atoms with E-state index >= 15 is 0 Å². The van der Waals surface area contributed by atoms with Gasteiger partial charge >= 0.3 is 0 Å². The summed E-state index contributed by atoms with van der Waals surface area (Å²) in [6.45, 7) is 1.08. The number of amides is 2. The first-order valence-electron chi connectivity index (χ1n) is 11.4. The number of fused-ring (bicyclic) bond motifs is 1. The number of anilines is 1. The minimum Gasteiger partial charge on any atom is -0.370 e. The molecule has 1 fully saturated rings. The lowest BCUT2D eigenvalue weighted by atomic mass is 9.95. The molecular formula is C25H28N6O2. The van der Waals surface area contributed by atoms with Crippen LogP contribution in [0.4, 0.5) is 5.95 Å². The first-order chi connectivity index (χ1) is 16.0. The van der Waals surface area contributed by atoms with Crippen LogP contribution < -0.4 is 16.4 Å². The van der Waals surface area contributed by atoms with Crippen LogP contribution in [0.15, 0.2) is 42.5 Å². The minimum atomic E-state index is -0.422. The average Bonchev–Trinajstić information content (AvgIpc) is 3.18. The summed E-state index contributed by atoms with van der Waals surface area (Å²) in [5.74, 6) is -0.401. The standard InChI is InChI=1S/C25H28N6O2/c26-15-17-6-9-19(10-7-17)24(33)30-25-29-21-14-18(16-28-20-4-2-1-3-5-20)8-11-22(21)31(25)13-12-23(27)32/h6-11,14,20,28H,1-5,12-13,16H2,(H2,27,32)(H,29,30,33). The molecule has 4 rings (SSSR count). The minimum absolute atomic E-state index is 0.135. The normalized spacial score (nSPS) is 14.2. The van der Waals surface area contributed by atoms with Crippen molar-refractivity contribution in [3.8, 4) is 6.07 Å². The van der Waals surface area contributed by atoms with Gasteiger partial charge < -0.3 is 15.6 Å². The summed E-state index contributed by atoms with van der Waals surface area (Å²) >= 11 is 0. The molecule has 1 heterocycles. The third-order valence-electron chi connectivity index (χ3n) is 6.10. The number of nitrogens with one attached hydrogen (secondary N) is 2. The van der Waals surface area contributed by atoms with Gasteiger partial charge in [-0.3, -0.25) is 14.9 Å². The highest BCUT2D eigenvalue weighted by molar-refractivity contribution is 6.04. The lowest BCUT2D eigenvalue weighted by Crippen LogP contribution is -2.30. The number of primary amides is 1. The Morgan fingerprint density at radius 3 is 2.58 bits per heavy atom. The molecule has 1 aromatic heterocycles. The topological polar surface area (TPSA) is 126 Å². The molecule has 1 aliphatic rings. The van der Waals surface area contributed by atoms with Gasteiger partial charge in [-0.15, -0.1) is 0 Å². The third-order valence-corrected chi connectivity index (χ3v) is 6.10. The first kappa shape index (κ1) is 22.5. The van der Waals surface area contributed by atoms with E-state index in [-0.39, 0.29) is 12.3 Å². The third kappa shape index (κ3) is 5.57. The van der Waals surface area contributed by atoms with Crippen LogP contribution in [-0.2, 0) is 17.9 Å². The van der Waals surface area contributed by atoms with Crippen molar-refractivity contribution in [1.29, 1.82) is 5.26 Å². The fourth-order valence-electron chi connectivity index (χ4n) is 4.27. The molecule has 0 bridgehead atoms. The number of carbonyl (C=O) groups excluding carboxylic acids is 2. The van der Waals surface area contributed by atoms with Crippen LogP contribution in [0, 0.1) is 11.3 Å². The van der Waals surface area contributed by atoms with Gasteiger partial charge in [0.05, 0.1) is 22.7 Å². The lowest BCUT2D eigenvalue weighted by molar-refractivity contribution is -0.118. The second-order valence-corrected chi connectivity index (χ2v) is 8.49. The van der Waals surface area contributed by atoms with E-state index in [9.17, 15) is 9.59 Å². The van der Waals surface area contributed by atoms with Gasteiger partial charge in [0.15, 0.2) is 0 Å². The van der Waals surface area contributed by atoms with Crippen LogP contribution in [-0.4, -0.2) is 27.4 Å². The summed E-state index contributed by atoms with van der Waals surface area (Å²) in [4.78, 5) is 28.8. The predicted octanol–water partition coefficient (Wildman–Crippen LogP) is 3.46. The molecule has 3 aromatic rings. The number of nitrogens with zero attached hydrogens (tertiary/aromatic N) is 3. The van der Waals surface area contributed by atoms with Gasteiger partial charge in [0.1, 0.15) is 0 Å². The van der Waals surface area contributed by atoms with Crippen molar-refractivity contribution in [1.82, 2.24) is 14.9 Å². The number of nitriles is 1. The van der Waals surface area contributed by atoms with Crippen LogP contribution in [0.25, 0.3) is 11.0 Å². The van der Waals surface area contributed by atoms with Gasteiger partial charge in [-0.05, 0) is 54.8 Å². The van der Waals surface area contributed by atoms with E-state index in [1.165, 1.54) is 32.1 Å². The fourth-order valence-corrected chi connectivity index (χ4v) is 4.27. The Kier molecular flexibility index (Phi) is 7.01. The van der Waals surface area contributed by atoms with Crippen molar-refractivity contribution < 1.29 is 9.59 Å². The molecule has 1 aliphatic carbocycles. The average molecular weight is 445 g/mol. The summed E-state index contributed by atoms with van der Waals surface area (Å²) < 4.78 is 1.81. The molecule has 1 saturated carbocycles. The van der Waals surface area contributed by atoms with E-state index in [1.54, 1.807) is 28.8 Å². The van der Waals surface area contributed by atoms with E-state index < -0.39 is 5.91 Å². The molecule has 0 saturated heterocycles. The monoisotopic (exact) mass is 444 g/mol. The predicted molar refractivity (Wildman–Crippen MR) is 126 cm³/mol. The molecule has 0 aliphatic heterocycles. The van der Waals surface area contributed by atoms with Crippen molar-refractivity contribution >= 4 is 28.8 Å². The molecule has 33 heavy (non-hydrogen) atoms. The van der Waals surface area contributed by atoms with Crippen LogP contribution >= 0.6 is 0 Å². The van der Waals surface area contributed by atoms with Gasteiger partial charge in [0, 0.05) is 31.1 Å². The Hall–Kier alpha value is -3.70. The number of benzene rings is 2. The number of aryl methyl sites for hydroxylation is 1. The van der Waals surface area contributed by atoms with Crippen LogP contribution in [0.5, 0.6) is 0 Å². The molecule has 0 radical (unpaired) electrons. The molecule has 4 N–H and O–H groups in total. The second-order valence-electron chi connectivity index (χ2n) is 8.49. The zero-order chi connectivity index (χ0) is 23.2. The number of imidazole rings is 1. The fraction of sp³-hybridized carbons (Fsp3) is 0.360. The van der Waals surface area contributed by atoms with Crippen molar-refractivity contribution in [2.75, 3.05) is 5.32 Å². The van der Waals surface area contributed by atoms with Crippen LogP contribution in [0.1, 0.15) is 60.0 Å². The Morgan fingerprint density at radius 1 is 1.12 bits per heavy atom. The van der Waals surface area contributed by atoms with Gasteiger partial charge in [0.25, 0.3) is 5.91 Å². The van der Waals surface area contributed by atoms with Crippen LogP contribution in [0.3, 0.4) is 0 Å². The van der Waals surface area contributed by atoms with Gasteiger partial charge in [-0.1, -0.05) is 25.3 Å². The number of carbonyl (C=O) groups is 2. The quantitative estimate of drug-likeness (QED) is 0.490. The zero-order valence-electron chi connectivity index (χ0n) is 18.5. The molecule has 8 heteroatoms. The molecular weight excluding hydrogens is 416 g/mol. The summed E-state index contributed by atoms with van der Waals surface area (Å²) in [5, 5.41) is 15.4. The number of nitrogens with two attached hydrogens (primary N) is 1. The van der Waals surface area contributed by atoms with Crippen LogP contribution in [0.2, 0.25) is 0 Å². The Morgan fingerprint density at radius 2 is 1.88 bits per heavy atom. The molecule has 0 unspecified atom stereocenters. The molecule has 0 spiro atoms. The lowest BCUT2D eigenvalue weighted by Gasteiger charge is -2.22. The maximum Gasteiger partial charge on any atom is 0.257 e. The first-order valence-corrected chi connectivity index (χ1v) is 11.4. The Bertz CT molecular complexity index is 1190. The summed E-state index contributed by atoms with van der Waals surface area (Å²) in [7, 11) is 0. The van der Waals surface area contributed by atoms with Crippen molar-refractivity contribution in [2.45, 2.75) is 57.7 Å². The Labute approximate surface area is 192 Å². The highest BCUT2D eigenvalue weighted by Gasteiger charge is 2.17. The smallest absolute Gasteiger partial charge is 0.257 e. The highest BCUT2D eigenvalue weighted by atomic mass is 16.2. The van der Waals surface area contributed by atoms with E-state index in [1.807, 2.05) is 24.3 Å². The number of rotatable bonds is 8. The molecule has 0 atom stereocenters. The maximum absolute atomic E-state index is 12.8. The zero-order valence-corrected chi connectivity index (χ0v) is 18.5.